The number of nitrogens with zero attached hydrogens (tertiary/aromatic N) is 4. The van der Waals surface area contributed by atoms with Crippen LogP contribution in [0, 0.1) is 0 Å². The van der Waals surface area contributed by atoms with Crippen LogP contribution in [0.2, 0.25) is 0 Å². The highest BCUT2D eigenvalue weighted by molar-refractivity contribution is 5.76. The van der Waals surface area contributed by atoms with Gasteiger partial charge in [0.05, 0.1) is 23.0 Å². The molecule has 0 aliphatic rings. The molecule has 1 aromatic carbocycles. The van der Waals surface area contributed by atoms with Gasteiger partial charge in [-0.1, -0.05) is 12.1 Å². The van der Waals surface area contributed by atoms with Gasteiger partial charge in [-0.05, 0) is 30.3 Å². The van der Waals surface area contributed by atoms with Crippen LogP contribution in [-0.2, 0) is 12.4 Å². The SMILES string of the molecule is Nc1c(-c2ccc(C(F)(F)F)cc2)nc2cc(-c3ncccc3C(F)(F)F)cnn12. The highest BCUT2D eigenvalue weighted by Crippen LogP contribution is 2.36. The fraction of sp³-hybridized carbons (Fsp3) is 0.105. The summed E-state index contributed by atoms with van der Waals surface area (Å²) in [7, 11) is 0. The van der Waals surface area contributed by atoms with E-state index in [1.807, 2.05) is 0 Å². The first kappa shape index (κ1) is 19.7. The Kier molecular flexibility index (Phi) is 4.40. The van der Waals surface area contributed by atoms with E-state index in [0.717, 1.165) is 18.2 Å². The number of nitrogens with two attached hydrogens (primary N) is 1. The lowest BCUT2D eigenvalue weighted by Gasteiger charge is -2.11. The van der Waals surface area contributed by atoms with Crippen molar-refractivity contribution in [1.29, 1.82) is 0 Å². The number of nitrogen functional groups attached to an aromatic ring is 1. The molecule has 2 N–H and O–H groups in total. The fourth-order valence-electron chi connectivity index (χ4n) is 2.98. The molecule has 4 aromatic rings. The second-order valence-corrected chi connectivity index (χ2v) is 6.33. The van der Waals surface area contributed by atoms with E-state index in [4.69, 9.17) is 5.73 Å². The molecule has 154 valence electrons. The molecule has 5 nitrogen and oxygen atoms in total. The first-order valence-corrected chi connectivity index (χ1v) is 8.40. The summed E-state index contributed by atoms with van der Waals surface area (Å²) in [6.07, 6.45) is -6.71. The van der Waals surface area contributed by atoms with E-state index < -0.39 is 23.5 Å². The second kappa shape index (κ2) is 6.71. The Morgan fingerprint density at radius 1 is 0.833 bits per heavy atom. The van der Waals surface area contributed by atoms with Gasteiger partial charge in [0.25, 0.3) is 0 Å². The minimum atomic E-state index is -4.62. The van der Waals surface area contributed by atoms with Crippen LogP contribution in [-0.4, -0.2) is 19.6 Å². The Bertz CT molecular complexity index is 1230. The molecule has 3 aromatic heterocycles. The van der Waals surface area contributed by atoms with Crippen molar-refractivity contribution >= 4 is 11.5 Å². The van der Waals surface area contributed by atoms with E-state index in [9.17, 15) is 26.3 Å². The molecule has 0 fully saturated rings. The van der Waals surface area contributed by atoms with Crippen molar-refractivity contribution in [3.05, 3.63) is 66.0 Å². The maximum absolute atomic E-state index is 13.3. The molecule has 0 aliphatic heterocycles. The lowest BCUT2D eigenvalue weighted by Crippen LogP contribution is -2.08. The van der Waals surface area contributed by atoms with Crippen molar-refractivity contribution in [2.45, 2.75) is 12.4 Å². The summed E-state index contributed by atoms with van der Waals surface area (Å²) < 4.78 is 79.3. The third-order valence-corrected chi connectivity index (χ3v) is 4.38. The Balaban J connectivity index is 1.80. The highest BCUT2D eigenvalue weighted by atomic mass is 19.4. The molecule has 0 spiro atoms. The van der Waals surface area contributed by atoms with Gasteiger partial charge in [-0.2, -0.15) is 36.0 Å². The Hall–Kier alpha value is -3.63. The summed E-state index contributed by atoms with van der Waals surface area (Å²) in [6.45, 7) is 0. The predicted molar refractivity (Wildman–Crippen MR) is 96.1 cm³/mol. The summed E-state index contributed by atoms with van der Waals surface area (Å²) in [5.41, 5.74) is 4.58. The number of imidazole rings is 1. The number of aromatic nitrogens is 4. The molecule has 0 bridgehead atoms. The zero-order valence-corrected chi connectivity index (χ0v) is 14.8. The molecule has 0 aliphatic carbocycles. The maximum Gasteiger partial charge on any atom is 0.418 e. The van der Waals surface area contributed by atoms with Crippen LogP contribution >= 0.6 is 0 Å². The van der Waals surface area contributed by atoms with Crippen molar-refractivity contribution in [2.24, 2.45) is 0 Å². The van der Waals surface area contributed by atoms with E-state index in [0.29, 0.717) is 5.56 Å². The summed E-state index contributed by atoms with van der Waals surface area (Å²) >= 11 is 0. The molecule has 0 unspecified atom stereocenters. The van der Waals surface area contributed by atoms with Crippen LogP contribution in [0.15, 0.2) is 54.9 Å². The number of fused-ring (bicyclic) bond motifs is 1. The minimum Gasteiger partial charge on any atom is -0.382 e. The van der Waals surface area contributed by atoms with Gasteiger partial charge in [-0.15, -0.1) is 0 Å². The number of halogens is 6. The van der Waals surface area contributed by atoms with Gasteiger partial charge < -0.3 is 5.73 Å². The molecule has 0 amide bonds. The summed E-state index contributed by atoms with van der Waals surface area (Å²) in [5, 5.41) is 4.03. The zero-order chi connectivity index (χ0) is 21.7. The van der Waals surface area contributed by atoms with E-state index in [1.165, 1.54) is 41.2 Å². The van der Waals surface area contributed by atoms with Crippen molar-refractivity contribution in [3.63, 3.8) is 0 Å². The molecule has 0 atom stereocenters. The van der Waals surface area contributed by atoms with Crippen molar-refractivity contribution < 1.29 is 26.3 Å². The van der Waals surface area contributed by atoms with Gasteiger partial charge in [0.1, 0.15) is 5.69 Å². The average molecular weight is 423 g/mol. The van der Waals surface area contributed by atoms with Crippen LogP contribution in [0.3, 0.4) is 0 Å². The summed E-state index contributed by atoms with van der Waals surface area (Å²) in [6, 6.07) is 7.61. The molecule has 0 radical (unpaired) electrons. The van der Waals surface area contributed by atoms with E-state index >= 15 is 0 Å². The van der Waals surface area contributed by atoms with Gasteiger partial charge >= 0.3 is 12.4 Å². The Labute approximate surface area is 164 Å². The third kappa shape index (κ3) is 3.42. The lowest BCUT2D eigenvalue weighted by molar-refractivity contribution is -0.138. The zero-order valence-electron chi connectivity index (χ0n) is 14.8. The molecule has 4 rings (SSSR count). The normalized spacial score (nSPS) is 12.5. The lowest BCUT2D eigenvalue weighted by atomic mass is 10.1. The largest absolute Gasteiger partial charge is 0.418 e. The monoisotopic (exact) mass is 423 g/mol. The topological polar surface area (TPSA) is 69.1 Å². The number of hydrogen-bond acceptors (Lipinski definition) is 4. The molecule has 0 saturated heterocycles. The van der Waals surface area contributed by atoms with Crippen LogP contribution in [0.5, 0.6) is 0 Å². The van der Waals surface area contributed by atoms with Gasteiger partial charge in [0, 0.05) is 17.3 Å². The van der Waals surface area contributed by atoms with Crippen molar-refractivity contribution in [1.82, 2.24) is 19.6 Å². The van der Waals surface area contributed by atoms with Crippen LogP contribution < -0.4 is 5.73 Å². The third-order valence-electron chi connectivity index (χ3n) is 4.38. The minimum absolute atomic E-state index is 0.0355. The van der Waals surface area contributed by atoms with Gasteiger partial charge in [0.2, 0.25) is 0 Å². The average Bonchev–Trinajstić information content (AvgIpc) is 3.03. The maximum atomic E-state index is 13.3. The second-order valence-electron chi connectivity index (χ2n) is 6.33. The predicted octanol–water partition coefficient (Wildman–Crippen LogP) is 5.08. The standard InChI is InChI=1S/C19H11F6N5/c20-18(21,22)12-5-3-10(4-6-12)16-17(26)30-14(29-16)8-11(9-28-30)15-13(19(23,24)25)2-1-7-27-15/h1-9H,26H2. The van der Waals surface area contributed by atoms with Crippen LogP contribution in [0.25, 0.3) is 28.2 Å². The quantitative estimate of drug-likeness (QED) is 0.457. The molecule has 3 heterocycles. The first-order valence-electron chi connectivity index (χ1n) is 8.40. The Morgan fingerprint density at radius 3 is 2.17 bits per heavy atom. The molecule has 11 heteroatoms. The van der Waals surface area contributed by atoms with Gasteiger partial charge in [-0.3, -0.25) is 4.98 Å². The van der Waals surface area contributed by atoms with Gasteiger partial charge in [-0.25, -0.2) is 4.98 Å². The summed E-state index contributed by atoms with van der Waals surface area (Å²) in [5.74, 6) is 0.0355. The molecular formula is C19H11F6N5. The number of pyridine rings is 1. The number of hydrogen-bond donors (Lipinski definition) is 1. The van der Waals surface area contributed by atoms with Crippen molar-refractivity contribution in [2.75, 3.05) is 5.73 Å². The number of alkyl halides is 6. The highest BCUT2D eigenvalue weighted by Gasteiger charge is 2.34. The first-order chi connectivity index (χ1) is 14.1. The van der Waals surface area contributed by atoms with E-state index in [-0.39, 0.29) is 28.4 Å². The van der Waals surface area contributed by atoms with Crippen LogP contribution in [0.4, 0.5) is 32.2 Å². The molecule has 0 saturated carbocycles. The molecular weight excluding hydrogens is 412 g/mol. The summed E-state index contributed by atoms with van der Waals surface area (Å²) in [4.78, 5) is 8.05. The fourth-order valence-corrected chi connectivity index (χ4v) is 2.98. The number of rotatable bonds is 2. The van der Waals surface area contributed by atoms with E-state index in [2.05, 4.69) is 15.1 Å². The number of benzene rings is 1. The smallest absolute Gasteiger partial charge is 0.382 e. The van der Waals surface area contributed by atoms with Crippen molar-refractivity contribution in [3.8, 4) is 22.5 Å². The van der Waals surface area contributed by atoms with Gasteiger partial charge in [0.15, 0.2) is 11.5 Å². The van der Waals surface area contributed by atoms with E-state index in [1.54, 1.807) is 0 Å². The number of anilines is 1. The van der Waals surface area contributed by atoms with Crippen LogP contribution in [0.1, 0.15) is 11.1 Å². The Morgan fingerprint density at radius 2 is 1.53 bits per heavy atom. The molecule has 30 heavy (non-hydrogen) atoms.